The second-order valence-electron chi connectivity index (χ2n) is 6.40. The highest BCUT2D eigenvalue weighted by atomic mass is 35.5. The van der Waals surface area contributed by atoms with Crippen molar-refractivity contribution in [2.45, 2.75) is 25.2 Å². The summed E-state index contributed by atoms with van der Waals surface area (Å²) in [4.78, 5) is 12.2. The van der Waals surface area contributed by atoms with Gasteiger partial charge in [0.05, 0.1) is 10.6 Å². The Bertz CT molecular complexity index is 928. The van der Waals surface area contributed by atoms with Gasteiger partial charge in [0.25, 0.3) is 10.0 Å². The van der Waals surface area contributed by atoms with Gasteiger partial charge in [0.2, 0.25) is 5.91 Å². The Morgan fingerprint density at radius 1 is 1.20 bits per heavy atom. The number of nitrogens with one attached hydrogen (secondary N) is 2. The Balaban J connectivity index is 1.83. The van der Waals surface area contributed by atoms with E-state index in [9.17, 15) is 13.2 Å². The van der Waals surface area contributed by atoms with Crippen LogP contribution in [0.1, 0.15) is 18.9 Å². The number of carbonyl (C=O) groups is 1. The van der Waals surface area contributed by atoms with Crippen LogP contribution in [-0.4, -0.2) is 14.3 Å². The van der Waals surface area contributed by atoms with Crippen molar-refractivity contribution in [1.82, 2.24) is 0 Å². The van der Waals surface area contributed by atoms with Crippen LogP contribution in [0.25, 0.3) is 0 Å². The number of hydrogen-bond donors (Lipinski definition) is 2. The van der Waals surface area contributed by atoms with Gasteiger partial charge in [-0.05, 0) is 55.2 Å². The Morgan fingerprint density at radius 3 is 2.56 bits per heavy atom. The lowest BCUT2D eigenvalue weighted by atomic mass is 10.2. The fourth-order valence-electron chi connectivity index (χ4n) is 2.58. The predicted molar refractivity (Wildman–Crippen MR) is 99.3 cm³/mol. The summed E-state index contributed by atoms with van der Waals surface area (Å²) in [5.74, 6) is 0.342. The first-order valence-electron chi connectivity index (χ1n) is 7.96. The maximum atomic E-state index is 12.6. The van der Waals surface area contributed by atoms with Crippen LogP contribution in [0.3, 0.4) is 0 Å². The zero-order valence-electron chi connectivity index (χ0n) is 13.9. The maximum absolute atomic E-state index is 12.6. The number of benzene rings is 2. The van der Waals surface area contributed by atoms with Crippen molar-refractivity contribution in [3.8, 4) is 0 Å². The number of halogens is 1. The first-order chi connectivity index (χ1) is 11.8. The van der Waals surface area contributed by atoms with E-state index in [1.165, 1.54) is 18.2 Å². The van der Waals surface area contributed by atoms with E-state index in [4.69, 9.17) is 11.6 Å². The lowest BCUT2D eigenvalue weighted by Crippen LogP contribution is -2.17. The van der Waals surface area contributed by atoms with Crippen LogP contribution in [0.2, 0.25) is 5.02 Å². The highest BCUT2D eigenvalue weighted by molar-refractivity contribution is 7.92. The van der Waals surface area contributed by atoms with Crippen LogP contribution in [0.4, 0.5) is 11.4 Å². The second kappa shape index (κ2) is 6.69. The molecule has 2 aromatic rings. The van der Waals surface area contributed by atoms with Gasteiger partial charge < -0.3 is 5.32 Å². The average molecular weight is 379 g/mol. The largest absolute Gasteiger partial charge is 0.326 e. The Morgan fingerprint density at radius 2 is 1.92 bits per heavy atom. The lowest BCUT2D eigenvalue weighted by molar-refractivity contribution is -0.117. The summed E-state index contributed by atoms with van der Waals surface area (Å²) in [6.07, 6.45) is 0.874. The summed E-state index contributed by atoms with van der Waals surface area (Å²) in [7, 11) is -3.78. The molecule has 3 rings (SSSR count). The summed E-state index contributed by atoms with van der Waals surface area (Å²) >= 11 is 5.89. The van der Waals surface area contributed by atoms with Gasteiger partial charge in [-0.1, -0.05) is 30.7 Å². The lowest BCUT2D eigenvalue weighted by Gasteiger charge is -2.12. The molecule has 1 saturated carbocycles. The molecule has 1 aliphatic carbocycles. The maximum Gasteiger partial charge on any atom is 0.261 e. The highest BCUT2D eigenvalue weighted by Crippen LogP contribution is 2.38. The van der Waals surface area contributed by atoms with E-state index < -0.39 is 10.0 Å². The topological polar surface area (TPSA) is 75.3 Å². The molecule has 25 heavy (non-hydrogen) atoms. The van der Waals surface area contributed by atoms with E-state index >= 15 is 0 Å². The summed E-state index contributed by atoms with van der Waals surface area (Å²) in [5, 5.41) is 3.28. The highest BCUT2D eigenvalue weighted by Gasteiger charge is 2.39. The third-order valence-electron chi connectivity index (χ3n) is 4.30. The van der Waals surface area contributed by atoms with Crippen molar-refractivity contribution in [2.24, 2.45) is 11.8 Å². The molecule has 2 unspecified atom stereocenters. The van der Waals surface area contributed by atoms with Crippen molar-refractivity contribution < 1.29 is 13.2 Å². The molecule has 2 N–H and O–H groups in total. The normalized spacial score (nSPS) is 19.3. The number of hydrogen-bond acceptors (Lipinski definition) is 3. The molecular formula is C18H19ClN2O3S. The molecule has 1 aliphatic rings. The Labute approximate surface area is 152 Å². The van der Waals surface area contributed by atoms with Gasteiger partial charge in [0.1, 0.15) is 0 Å². The van der Waals surface area contributed by atoms with Gasteiger partial charge in [0, 0.05) is 16.6 Å². The van der Waals surface area contributed by atoms with Crippen LogP contribution < -0.4 is 10.0 Å². The second-order valence-corrected chi connectivity index (χ2v) is 8.52. The first-order valence-corrected chi connectivity index (χ1v) is 9.82. The van der Waals surface area contributed by atoms with Crippen molar-refractivity contribution >= 4 is 38.9 Å². The van der Waals surface area contributed by atoms with Gasteiger partial charge in [-0.3, -0.25) is 9.52 Å². The van der Waals surface area contributed by atoms with Gasteiger partial charge in [-0.25, -0.2) is 8.42 Å². The van der Waals surface area contributed by atoms with E-state index in [0.29, 0.717) is 22.3 Å². The van der Waals surface area contributed by atoms with Crippen LogP contribution in [0, 0.1) is 18.8 Å². The number of aryl methyl sites for hydroxylation is 1. The molecule has 132 valence electrons. The van der Waals surface area contributed by atoms with Crippen LogP contribution in [-0.2, 0) is 14.8 Å². The van der Waals surface area contributed by atoms with E-state index in [2.05, 4.69) is 10.0 Å². The summed E-state index contributed by atoms with van der Waals surface area (Å²) < 4.78 is 27.7. The minimum atomic E-state index is -3.78. The van der Waals surface area contributed by atoms with Crippen LogP contribution in [0.5, 0.6) is 0 Å². The Hall–Kier alpha value is -2.05. The van der Waals surface area contributed by atoms with Crippen molar-refractivity contribution in [1.29, 1.82) is 0 Å². The van der Waals surface area contributed by atoms with Crippen LogP contribution in [0.15, 0.2) is 47.4 Å². The number of rotatable bonds is 5. The fraction of sp³-hybridized carbons (Fsp3) is 0.278. The predicted octanol–water partition coefficient (Wildman–Crippen LogP) is 4.04. The third kappa shape index (κ3) is 4.14. The fourth-order valence-corrected chi connectivity index (χ4v) is 3.85. The summed E-state index contributed by atoms with van der Waals surface area (Å²) in [6.45, 7) is 3.85. The van der Waals surface area contributed by atoms with Crippen molar-refractivity contribution in [3.05, 3.63) is 53.1 Å². The molecular weight excluding hydrogens is 360 g/mol. The van der Waals surface area contributed by atoms with E-state index in [1.54, 1.807) is 24.3 Å². The SMILES string of the molecule is Cc1ccc(S(=O)(=O)Nc2cccc(Cl)c2)cc1NC(=O)C1CC1C. The molecule has 7 heteroatoms. The number of anilines is 2. The monoisotopic (exact) mass is 378 g/mol. The number of carbonyl (C=O) groups excluding carboxylic acids is 1. The summed E-state index contributed by atoms with van der Waals surface area (Å²) in [6, 6.07) is 11.2. The minimum absolute atomic E-state index is 0.0178. The molecule has 0 aromatic heterocycles. The Kier molecular flexibility index (Phi) is 4.75. The molecule has 1 amide bonds. The number of amides is 1. The van der Waals surface area contributed by atoms with E-state index in [1.807, 2.05) is 13.8 Å². The zero-order chi connectivity index (χ0) is 18.2. The molecule has 0 heterocycles. The van der Waals surface area contributed by atoms with Crippen molar-refractivity contribution in [3.63, 3.8) is 0 Å². The number of sulfonamides is 1. The summed E-state index contributed by atoms with van der Waals surface area (Å²) in [5.41, 5.74) is 1.70. The van der Waals surface area contributed by atoms with Gasteiger partial charge in [-0.2, -0.15) is 0 Å². The zero-order valence-corrected chi connectivity index (χ0v) is 15.5. The quantitative estimate of drug-likeness (QED) is 0.824. The average Bonchev–Trinajstić information content (AvgIpc) is 3.26. The molecule has 1 fully saturated rings. The van der Waals surface area contributed by atoms with E-state index in [-0.39, 0.29) is 16.7 Å². The van der Waals surface area contributed by atoms with E-state index in [0.717, 1.165) is 12.0 Å². The van der Waals surface area contributed by atoms with Gasteiger partial charge in [-0.15, -0.1) is 0 Å². The first kappa shape index (κ1) is 17.8. The third-order valence-corrected chi connectivity index (χ3v) is 5.91. The van der Waals surface area contributed by atoms with Crippen molar-refractivity contribution in [2.75, 3.05) is 10.0 Å². The molecule has 2 atom stereocenters. The molecule has 0 saturated heterocycles. The van der Waals surface area contributed by atoms with Crippen LogP contribution >= 0.6 is 11.6 Å². The minimum Gasteiger partial charge on any atom is -0.326 e. The molecule has 5 nitrogen and oxygen atoms in total. The molecule has 0 spiro atoms. The molecule has 0 aliphatic heterocycles. The molecule has 0 radical (unpaired) electrons. The molecule has 2 aromatic carbocycles. The molecule has 0 bridgehead atoms. The van der Waals surface area contributed by atoms with Gasteiger partial charge in [0.15, 0.2) is 0 Å². The standard InChI is InChI=1S/C18H19ClN2O3S/c1-11-6-7-15(10-17(11)20-18(22)16-8-12(16)2)25(23,24)21-14-5-3-4-13(19)9-14/h3-7,9-10,12,16,21H,8H2,1-2H3,(H,20,22). The smallest absolute Gasteiger partial charge is 0.261 e. The van der Waals surface area contributed by atoms with Gasteiger partial charge >= 0.3 is 0 Å².